The van der Waals surface area contributed by atoms with E-state index in [-0.39, 0.29) is 25.3 Å². The summed E-state index contributed by atoms with van der Waals surface area (Å²) in [6.45, 7) is 3.83. The molecule has 1 aromatic heterocycles. The number of carbonyl (C=O) groups is 1. The Morgan fingerprint density at radius 1 is 0.825 bits per heavy atom. The van der Waals surface area contributed by atoms with Crippen molar-refractivity contribution in [2.45, 2.75) is 20.0 Å². The Bertz CT molecular complexity index is 1660. The van der Waals surface area contributed by atoms with E-state index in [4.69, 9.17) is 28.8 Å². The highest BCUT2D eigenvalue weighted by Crippen LogP contribution is 2.34. The third kappa shape index (κ3) is 5.26. The molecule has 40 heavy (non-hydrogen) atoms. The summed E-state index contributed by atoms with van der Waals surface area (Å²) in [5.41, 5.74) is 3.46. The Hall–Kier alpha value is -5.05. The van der Waals surface area contributed by atoms with Crippen LogP contribution in [0.4, 0.5) is 4.39 Å². The molecule has 0 fully saturated rings. The van der Waals surface area contributed by atoms with E-state index in [1.807, 2.05) is 66.8 Å². The molecule has 6 rings (SSSR count). The Balaban J connectivity index is 1.33. The molecule has 3 aromatic carbocycles. The fraction of sp³-hybridized carbons (Fsp3) is 0.161. The van der Waals surface area contributed by atoms with E-state index >= 15 is 4.39 Å². The number of halogens is 1. The van der Waals surface area contributed by atoms with Crippen molar-refractivity contribution in [1.82, 2.24) is 9.78 Å². The molecule has 0 spiro atoms. The van der Waals surface area contributed by atoms with E-state index < -0.39 is 11.8 Å². The van der Waals surface area contributed by atoms with Gasteiger partial charge in [-0.1, -0.05) is 24.3 Å². The van der Waals surface area contributed by atoms with E-state index in [1.165, 1.54) is 12.1 Å². The van der Waals surface area contributed by atoms with Crippen molar-refractivity contribution in [3.8, 4) is 28.7 Å². The van der Waals surface area contributed by atoms with E-state index in [0.29, 0.717) is 40.1 Å². The van der Waals surface area contributed by atoms with Crippen molar-refractivity contribution in [3.05, 3.63) is 94.6 Å². The Morgan fingerprint density at radius 2 is 1.45 bits per heavy atom. The first-order valence-electron chi connectivity index (χ1n) is 12.7. The van der Waals surface area contributed by atoms with Gasteiger partial charge in [-0.25, -0.2) is 13.9 Å². The van der Waals surface area contributed by atoms with Crippen LogP contribution in [-0.2, 0) is 4.74 Å². The van der Waals surface area contributed by atoms with Gasteiger partial charge in [0.25, 0.3) is 0 Å². The fourth-order valence-electron chi connectivity index (χ4n) is 4.30. The van der Waals surface area contributed by atoms with Crippen LogP contribution >= 0.6 is 0 Å². The van der Waals surface area contributed by atoms with Crippen molar-refractivity contribution >= 4 is 30.3 Å². The van der Waals surface area contributed by atoms with Gasteiger partial charge in [-0.3, -0.25) is 0 Å². The second kappa shape index (κ2) is 10.6. The zero-order valence-electron chi connectivity index (χ0n) is 21.8. The normalized spacial score (nSPS) is 13.6. The lowest BCUT2D eigenvalue weighted by Crippen LogP contribution is -2.13. The number of fused-ring (bicyclic) bond motifs is 2. The highest BCUT2D eigenvalue weighted by atomic mass is 19.1. The molecule has 0 aliphatic carbocycles. The Kier molecular flexibility index (Phi) is 6.69. The predicted molar refractivity (Wildman–Crippen MR) is 147 cm³/mol. The van der Waals surface area contributed by atoms with Crippen LogP contribution in [0.2, 0.25) is 0 Å². The smallest absolute Gasteiger partial charge is 0.341 e. The standard InChI is InChI=1S/C31H25FN2O6/c1-19(2)40-31(35)25-10-9-24(16-26(25)32)34-23(8-4-21-6-12-28-30(14-21)39-18-37-28)15-22(33-34)7-3-20-5-11-27-29(13-20)38-17-36-27/h3-16,19H,17-18H2,1-2H3/b7-3+,8-4+. The van der Waals surface area contributed by atoms with Gasteiger partial charge in [-0.15, -0.1) is 0 Å². The topological polar surface area (TPSA) is 81.0 Å². The number of hydrogen-bond donors (Lipinski definition) is 0. The maximum absolute atomic E-state index is 15.0. The minimum absolute atomic E-state index is 0.134. The summed E-state index contributed by atoms with van der Waals surface area (Å²) in [4.78, 5) is 12.3. The van der Waals surface area contributed by atoms with E-state index in [9.17, 15) is 4.79 Å². The van der Waals surface area contributed by atoms with Gasteiger partial charge in [0, 0.05) is 6.07 Å². The highest BCUT2D eigenvalue weighted by Gasteiger charge is 2.17. The van der Waals surface area contributed by atoms with Crippen LogP contribution in [0.5, 0.6) is 23.0 Å². The van der Waals surface area contributed by atoms with Crippen LogP contribution in [0, 0.1) is 5.82 Å². The van der Waals surface area contributed by atoms with Gasteiger partial charge in [0.15, 0.2) is 23.0 Å². The first kappa shape index (κ1) is 25.2. The molecule has 0 saturated carbocycles. The van der Waals surface area contributed by atoms with Crippen molar-refractivity contribution < 1.29 is 32.9 Å². The van der Waals surface area contributed by atoms with Gasteiger partial charge in [-0.2, -0.15) is 5.10 Å². The van der Waals surface area contributed by atoms with E-state index in [1.54, 1.807) is 24.6 Å². The van der Waals surface area contributed by atoms with Gasteiger partial charge < -0.3 is 23.7 Å². The number of rotatable bonds is 7. The summed E-state index contributed by atoms with van der Waals surface area (Å²) in [6, 6.07) is 17.5. The number of carbonyl (C=O) groups excluding carboxylic acids is 1. The monoisotopic (exact) mass is 540 g/mol. The summed E-state index contributed by atoms with van der Waals surface area (Å²) >= 11 is 0. The number of esters is 1. The lowest BCUT2D eigenvalue weighted by molar-refractivity contribution is 0.0372. The minimum atomic E-state index is -0.713. The maximum atomic E-state index is 15.0. The summed E-state index contributed by atoms with van der Waals surface area (Å²) in [7, 11) is 0. The number of benzene rings is 3. The molecule has 0 N–H and O–H groups in total. The lowest BCUT2D eigenvalue weighted by Gasteiger charge is -2.10. The highest BCUT2D eigenvalue weighted by molar-refractivity contribution is 5.90. The zero-order valence-corrected chi connectivity index (χ0v) is 21.8. The molecule has 8 nitrogen and oxygen atoms in total. The van der Waals surface area contributed by atoms with Crippen molar-refractivity contribution in [3.63, 3.8) is 0 Å². The van der Waals surface area contributed by atoms with Gasteiger partial charge in [0.2, 0.25) is 13.6 Å². The third-order valence-electron chi connectivity index (χ3n) is 6.20. The predicted octanol–water partition coefficient (Wildman–Crippen LogP) is 6.37. The van der Waals surface area contributed by atoms with Gasteiger partial charge in [-0.05, 0) is 79.6 Å². The molecule has 0 atom stereocenters. The van der Waals surface area contributed by atoms with Crippen LogP contribution in [0.15, 0.2) is 60.7 Å². The van der Waals surface area contributed by atoms with Gasteiger partial charge in [0.1, 0.15) is 5.82 Å². The summed E-state index contributed by atoms with van der Waals surface area (Å²) < 4.78 is 43.5. The maximum Gasteiger partial charge on any atom is 0.341 e. The van der Waals surface area contributed by atoms with Crippen LogP contribution in [-0.4, -0.2) is 35.4 Å². The lowest BCUT2D eigenvalue weighted by atomic mass is 10.1. The van der Waals surface area contributed by atoms with Crippen LogP contribution in [0.3, 0.4) is 0 Å². The second-order valence-corrected chi connectivity index (χ2v) is 9.42. The van der Waals surface area contributed by atoms with E-state index in [0.717, 1.165) is 11.1 Å². The largest absolute Gasteiger partial charge is 0.459 e. The van der Waals surface area contributed by atoms with Crippen molar-refractivity contribution in [2.75, 3.05) is 13.6 Å². The Labute approximate surface area is 229 Å². The van der Waals surface area contributed by atoms with Crippen LogP contribution < -0.4 is 18.9 Å². The second-order valence-electron chi connectivity index (χ2n) is 9.42. The van der Waals surface area contributed by atoms with Crippen molar-refractivity contribution in [2.24, 2.45) is 0 Å². The fourth-order valence-corrected chi connectivity index (χ4v) is 4.30. The molecular formula is C31H25FN2O6. The first-order valence-corrected chi connectivity index (χ1v) is 12.7. The minimum Gasteiger partial charge on any atom is -0.459 e. The number of nitrogens with zero attached hydrogens (tertiary/aromatic N) is 2. The zero-order chi connectivity index (χ0) is 27.6. The average Bonchev–Trinajstić information content (AvgIpc) is 3.69. The summed E-state index contributed by atoms with van der Waals surface area (Å²) in [5.74, 6) is 1.36. The molecule has 0 bridgehead atoms. The molecule has 9 heteroatoms. The van der Waals surface area contributed by atoms with Crippen molar-refractivity contribution in [1.29, 1.82) is 0 Å². The Morgan fingerprint density at radius 3 is 2.08 bits per heavy atom. The molecule has 0 amide bonds. The molecule has 3 heterocycles. The van der Waals surface area contributed by atoms with Gasteiger partial charge in [0.05, 0.1) is 28.7 Å². The molecule has 0 radical (unpaired) electrons. The summed E-state index contributed by atoms with van der Waals surface area (Å²) in [6.07, 6.45) is 7.19. The first-order chi connectivity index (χ1) is 19.4. The SMILES string of the molecule is CC(C)OC(=O)c1ccc(-n2nc(/C=C/c3ccc4c(c3)OCO4)cc2/C=C/c2ccc3c(c2)OCO3)cc1F. The molecule has 2 aliphatic heterocycles. The summed E-state index contributed by atoms with van der Waals surface area (Å²) in [5, 5.41) is 4.70. The van der Waals surface area contributed by atoms with Crippen LogP contribution in [0.25, 0.3) is 30.0 Å². The molecule has 0 unspecified atom stereocenters. The molecule has 202 valence electrons. The molecule has 2 aliphatic rings. The average molecular weight is 541 g/mol. The number of aromatic nitrogens is 2. The van der Waals surface area contributed by atoms with Crippen LogP contribution in [0.1, 0.15) is 46.7 Å². The number of hydrogen-bond acceptors (Lipinski definition) is 7. The quantitative estimate of drug-likeness (QED) is 0.252. The molecular weight excluding hydrogens is 515 g/mol. The third-order valence-corrected chi connectivity index (χ3v) is 6.20. The number of ether oxygens (including phenoxy) is 5. The van der Waals surface area contributed by atoms with E-state index in [2.05, 4.69) is 0 Å². The molecule has 4 aromatic rings. The van der Waals surface area contributed by atoms with Gasteiger partial charge >= 0.3 is 5.97 Å². The molecule has 0 saturated heterocycles.